The van der Waals surface area contributed by atoms with Crippen LogP contribution in [0.4, 0.5) is 17.1 Å². The summed E-state index contributed by atoms with van der Waals surface area (Å²) in [4.78, 5) is 15.4. The summed E-state index contributed by atoms with van der Waals surface area (Å²) >= 11 is 0. The third-order valence-electron chi connectivity index (χ3n) is 11.3. The topological polar surface area (TPSA) is 59.0 Å². The predicted molar refractivity (Wildman–Crippen MR) is 238 cm³/mol. The van der Waals surface area contributed by atoms with Crippen molar-refractivity contribution in [1.82, 2.24) is 0 Å². The van der Waals surface area contributed by atoms with Crippen LogP contribution in [-0.2, 0) is 5.60 Å². The van der Waals surface area contributed by atoms with Crippen LogP contribution in [0, 0.1) is 0 Å². The van der Waals surface area contributed by atoms with E-state index in [4.69, 9.17) is 9.47 Å². The number of carbonyl (C=O) groups is 1. The number of aliphatic hydroxyl groups is 1. The lowest BCUT2D eigenvalue weighted by atomic mass is 9.91. The smallest absolute Gasteiger partial charge is 0.193 e. The van der Waals surface area contributed by atoms with Crippen LogP contribution in [0.25, 0.3) is 22.3 Å². The number of hydrogen-bond acceptors (Lipinski definition) is 5. The first-order valence-corrected chi connectivity index (χ1v) is 20.2. The standard InChI is InChI=1S/C53H51NO4/c1-6-52(4,7-2)58-50-36-30-47(31-37-50)54(45-26-16-39(17-27-45)38-12-10-9-11-13-38)46-28-18-40(19-29-46)41-20-32-48(33-21-41)57-49-34-22-43(23-35-49)51(55)42-14-24-44(25-15-42)53(5,56)8-3/h9-37,56H,6-8H2,1-5H3. The number of nitrogens with zero attached hydrogens (tertiary/aromatic N) is 1. The maximum absolute atomic E-state index is 13.1. The molecule has 1 atom stereocenters. The molecule has 0 spiro atoms. The van der Waals surface area contributed by atoms with Crippen molar-refractivity contribution in [2.75, 3.05) is 4.90 Å². The largest absolute Gasteiger partial charge is 0.488 e. The molecule has 1 unspecified atom stereocenters. The molecule has 0 aliphatic rings. The fourth-order valence-corrected chi connectivity index (χ4v) is 6.90. The Hall–Kier alpha value is -6.43. The summed E-state index contributed by atoms with van der Waals surface area (Å²) in [5, 5.41) is 10.5. The number of hydrogen-bond donors (Lipinski definition) is 1. The molecule has 1 N–H and O–H groups in total. The van der Waals surface area contributed by atoms with Crippen LogP contribution in [0.2, 0.25) is 0 Å². The number of ketones is 1. The van der Waals surface area contributed by atoms with Gasteiger partial charge in [-0.15, -0.1) is 0 Å². The summed E-state index contributed by atoms with van der Waals surface area (Å²) in [6.07, 6.45) is 2.47. The van der Waals surface area contributed by atoms with Crippen molar-refractivity contribution in [3.05, 3.63) is 193 Å². The highest BCUT2D eigenvalue weighted by atomic mass is 16.5. The SMILES string of the molecule is CCC(C)(CC)Oc1ccc(N(c2ccc(-c3ccccc3)cc2)c2ccc(-c3ccc(Oc4ccc(C(=O)c5ccc(C(C)(O)CC)cc5)cc4)cc3)cc2)cc1. The molecule has 0 heterocycles. The fraction of sp³-hybridized carbons (Fsp3) is 0.189. The summed E-state index contributed by atoms with van der Waals surface area (Å²) in [6.45, 7) is 10.2. The molecule has 292 valence electrons. The van der Waals surface area contributed by atoms with E-state index in [9.17, 15) is 9.90 Å². The molecule has 0 saturated heterocycles. The average Bonchev–Trinajstić information content (AvgIpc) is 3.28. The van der Waals surface area contributed by atoms with Gasteiger partial charge in [0.1, 0.15) is 22.8 Å². The molecule has 0 aromatic heterocycles. The number of rotatable bonds is 15. The molecule has 0 fully saturated rings. The van der Waals surface area contributed by atoms with Crippen molar-refractivity contribution >= 4 is 22.8 Å². The van der Waals surface area contributed by atoms with Gasteiger partial charge in [-0.3, -0.25) is 4.79 Å². The summed E-state index contributed by atoms with van der Waals surface area (Å²) < 4.78 is 12.6. The molecule has 0 amide bonds. The molecule has 0 radical (unpaired) electrons. The molecule has 5 heteroatoms. The quantitative estimate of drug-likeness (QED) is 0.105. The second-order valence-corrected chi connectivity index (χ2v) is 15.2. The van der Waals surface area contributed by atoms with Gasteiger partial charge in [0.2, 0.25) is 0 Å². The van der Waals surface area contributed by atoms with Crippen LogP contribution in [0.3, 0.4) is 0 Å². The summed E-state index contributed by atoms with van der Waals surface area (Å²) in [5.41, 5.74) is 8.47. The highest BCUT2D eigenvalue weighted by Gasteiger charge is 2.23. The van der Waals surface area contributed by atoms with Crippen molar-refractivity contribution in [2.24, 2.45) is 0 Å². The number of anilines is 3. The minimum absolute atomic E-state index is 0.0804. The van der Waals surface area contributed by atoms with E-state index in [2.05, 4.69) is 135 Å². The second-order valence-electron chi connectivity index (χ2n) is 15.2. The van der Waals surface area contributed by atoms with Crippen LogP contribution in [0.1, 0.15) is 75.4 Å². The van der Waals surface area contributed by atoms with Gasteiger partial charge < -0.3 is 19.5 Å². The zero-order valence-corrected chi connectivity index (χ0v) is 34.0. The van der Waals surface area contributed by atoms with Crippen LogP contribution in [0.5, 0.6) is 17.2 Å². The number of carbonyl (C=O) groups excluding carboxylic acids is 1. The van der Waals surface area contributed by atoms with Gasteiger partial charge in [-0.25, -0.2) is 0 Å². The Morgan fingerprint density at radius 1 is 0.483 bits per heavy atom. The Bertz CT molecular complexity index is 2400. The Labute approximate surface area is 343 Å². The van der Waals surface area contributed by atoms with Gasteiger partial charge in [0, 0.05) is 28.2 Å². The highest BCUT2D eigenvalue weighted by molar-refractivity contribution is 6.09. The summed E-state index contributed by atoms with van der Waals surface area (Å²) in [5.74, 6) is 2.13. The van der Waals surface area contributed by atoms with E-state index in [0.29, 0.717) is 29.0 Å². The van der Waals surface area contributed by atoms with Crippen molar-refractivity contribution in [2.45, 2.75) is 65.1 Å². The molecule has 0 aliphatic heterocycles. The third-order valence-corrected chi connectivity index (χ3v) is 11.3. The van der Waals surface area contributed by atoms with Gasteiger partial charge in [-0.2, -0.15) is 0 Å². The van der Waals surface area contributed by atoms with Crippen molar-refractivity contribution in [1.29, 1.82) is 0 Å². The Kier molecular flexibility index (Phi) is 11.9. The molecular weight excluding hydrogens is 715 g/mol. The minimum Gasteiger partial charge on any atom is -0.488 e. The summed E-state index contributed by atoms with van der Waals surface area (Å²) in [7, 11) is 0. The number of ether oxygens (including phenoxy) is 2. The Morgan fingerprint density at radius 3 is 1.31 bits per heavy atom. The lowest BCUT2D eigenvalue weighted by molar-refractivity contribution is 0.0530. The molecular formula is C53H51NO4. The van der Waals surface area contributed by atoms with Crippen molar-refractivity contribution < 1.29 is 19.4 Å². The number of benzene rings is 7. The zero-order chi connectivity index (χ0) is 40.7. The summed E-state index contributed by atoms with van der Waals surface area (Å²) in [6, 6.07) is 58.5. The molecule has 7 aromatic rings. The molecule has 5 nitrogen and oxygen atoms in total. The van der Waals surface area contributed by atoms with E-state index in [0.717, 1.165) is 52.3 Å². The van der Waals surface area contributed by atoms with E-state index in [1.165, 1.54) is 11.1 Å². The van der Waals surface area contributed by atoms with Crippen LogP contribution >= 0.6 is 0 Å². The first-order valence-electron chi connectivity index (χ1n) is 20.2. The first-order chi connectivity index (χ1) is 28.1. The van der Waals surface area contributed by atoms with E-state index in [1.807, 2.05) is 49.4 Å². The maximum atomic E-state index is 13.1. The van der Waals surface area contributed by atoms with Gasteiger partial charge in [0.25, 0.3) is 0 Å². The average molecular weight is 766 g/mol. The normalized spacial score (nSPS) is 12.4. The molecule has 0 aliphatic carbocycles. The van der Waals surface area contributed by atoms with Gasteiger partial charge in [0.15, 0.2) is 5.78 Å². The van der Waals surface area contributed by atoms with Crippen molar-refractivity contribution in [3.8, 4) is 39.5 Å². The van der Waals surface area contributed by atoms with E-state index in [-0.39, 0.29) is 11.4 Å². The Balaban J connectivity index is 1.06. The monoisotopic (exact) mass is 765 g/mol. The maximum Gasteiger partial charge on any atom is 0.193 e. The lowest BCUT2D eigenvalue weighted by Crippen LogP contribution is -2.30. The van der Waals surface area contributed by atoms with Gasteiger partial charge in [-0.05, 0) is 146 Å². The van der Waals surface area contributed by atoms with E-state index >= 15 is 0 Å². The first kappa shape index (κ1) is 39.8. The van der Waals surface area contributed by atoms with Gasteiger partial charge in [0.05, 0.1) is 5.60 Å². The fourth-order valence-electron chi connectivity index (χ4n) is 6.90. The molecule has 0 bridgehead atoms. The second kappa shape index (κ2) is 17.4. The molecule has 7 aromatic carbocycles. The molecule has 7 rings (SSSR count). The predicted octanol–water partition coefficient (Wildman–Crippen LogP) is 14.1. The van der Waals surface area contributed by atoms with Crippen molar-refractivity contribution in [3.63, 3.8) is 0 Å². The van der Waals surface area contributed by atoms with Crippen LogP contribution in [-0.4, -0.2) is 16.5 Å². The van der Waals surface area contributed by atoms with Gasteiger partial charge in [-0.1, -0.05) is 112 Å². The van der Waals surface area contributed by atoms with Crippen LogP contribution < -0.4 is 14.4 Å². The molecule has 0 saturated carbocycles. The van der Waals surface area contributed by atoms with Gasteiger partial charge >= 0.3 is 0 Å². The lowest BCUT2D eigenvalue weighted by Gasteiger charge is -2.29. The van der Waals surface area contributed by atoms with Crippen LogP contribution in [0.15, 0.2) is 176 Å². The van der Waals surface area contributed by atoms with E-state index < -0.39 is 5.60 Å². The Morgan fingerprint density at radius 2 is 0.862 bits per heavy atom. The van der Waals surface area contributed by atoms with E-state index in [1.54, 1.807) is 31.2 Å². The highest BCUT2D eigenvalue weighted by Crippen LogP contribution is 2.38. The third kappa shape index (κ3) is 9.07. The minimum atomic E-state index is -0.918. The molecule has 58 heavy (non-hydrogen) atoms. The zero-order valence-electron chi connectivity index (χ0n) is 34.0.